The number of carbonyl (C=O) groups is 2. The molecular formula is C21H23ClN3O3+. The quantitative estimate of drug-likeness (QED) is 0.754. The first-order valence-corrected chi connectivity index (χ1v) is 9.87. The highest BCUT2D eigenvalue weighted by atomic mass is 35.5. The topological polar surface area (TPSA) is 65.3 Å². The van der Waals surface area contributed by atoms with Crippen molar-refractivity contribution in [2.45, 2.75) is 19.0 Å². The van der Waals surface area contributed by atoms with Crippen LogP contribution < -0.4 is 9.80 Å². The first-order chi connectivity index (χ1) is 13.5. The highest BCUT2D eigenvalue weighted by Crippen LogP contribution is 2.26. The third-order valence-electron chi connectivity index (χ3n) is 5.62. The lowest BCUT2D eigenvalue weighted by Gasteiger charge is -2.35. The van der Waals surface area contributed by atoms with Crippen LogP contribution in [0.1, 0.15) is 12.0 Å². The first kappa shape index (κ1) is 18.8. The van der Waals surface area contributed by atoms with E-state index in [2.05, 4.69) is 4.90 Å². The number of phenols is 1. The number of nitrogens with one attached hydrogen (secondary N) is 1. The number of carbonyl (C=O) groups excluding carboxylic acids is 2. The second kappa shape index (κ2) is 7.81. The Morgan fingerprint density at radius 1 is 1.04 bits per heavy atom. The van der Waals surface area contributed by atoms with Crippen molar-refractivity contribution in [2.24, 2.45) is 0 Å². The average Bonchev–Trinajstić information content (AvgIpc) is 2.98. The normalized spacial score (nSPS) is 20.8. The zero-order chi connectivity index (χ0) is 19.7. The van der Waals surface area contributed by atoms with Crippen molar-refractivity contribution in [3.8, 4) is 5.75 Å². The van der Waals surface area contributed by atoms with E-state index in [0.717, 1.165) is 42.3 Å². The summed E-state index contributed by atoms with van der Waals surface area (Å²) in [6, 6.07) is 14.2. The van der Waals surface area contributed by atoms with Crippen molar-refractivity contribution in [1.82, 2.24) is 4.90 Å². The van der Waals surface area contributed by atoms with Crippen LogP contribution in [0.5, 0.6) is 5.75 Å². The third kappa shape index (κ3) is 3.70. The molecule has 2 aliphatic heterocycles. The van der Waals surface area contributed by atoms with Gasteiger partial charge in [0.25, 0.3) is 5.91 Å². The fraction of sp³-hybridized carbons (Fsp3) is 0.333. The molecule has 2 aromatic carbocycles. The molecule has 28 heavy (non-hydrogen) atoms. The highest BCUT2D eigenvalue weighted by molar-refractivity contribution is 6.30. The van der Waals surface area contributed by atoms with E-state index in [1.165, 1.54) is 4.90 Å². The number of nitrogens with zero attached hydrogens (tertiary/aromatic N) is 2. The molecule has 0 saturated carbocycles. The molecule has 2 saturated heterocycles. The van der Waals surface area contributed by atoms with Crippen molar-refractivity contribution >= 4 is 29.1 Å². The van der Waals surface area contributed by atoms with Gasteiger partial charge in [-0.05, 0) is 29.8 Å². The van der Waals surface area contributed by atoms with Crippen LogP contribution in [0.15, 0.2) is 48.5 Å². The van der Waals surface area contributed by atoms with Gasteiger partial charge in [0.05, 0.1) is 44.8 Å². The lowest BCUT2D eigenvalue weighted by atomic mass is 10.1. The third-order valence-corrected chi connectivity index (χ3v) is 5.87. The predicted octanol–water partition coefficient (Wildman–Crippen LogP) is 1.08. The van der Waals surface area contributed by atoms with Gasteiger partial charge in [0.2, 0.25) is 5.91 Å². The van der Waals surface area contributed by atoms with Crippen LogP contribution in [0.4, 0.5) is 5.69 Å². The van der Waals surface area contributed by atoms with Crippen molar-refractivity contribution < 1.29 is 19.6 Å². The van der Waals surface area contributed by atoms with Gasteiger partial charge in [-0.2, -0.15) is 0 Å². The number of quaternary nitrogens is 1. The van der Waals surface area contributed by atoms with Crippen LogP contribution in [0.25, 0.3) is 0 Å². The standard InChI is InChI=1S/C21H22ClN3O3/c22-16-7-5-15(6-8-16)14-25-20(27)13-18(21(25)28)24-11-9-23(10-12-24)17-3-1-2-4-19(17)26/h1-8,18,26H,9-14H2/p+1/t18-/m0/s1. The van der Waals surface area contributed by atoms with Gasteiger partial charge in [-0.3, -0.25) is 14.5 Å². The van der Waals surface area contributed by atoms with E-state index in [-0.39, 0.29) is 30.0 Å². The van der Waals surface area contributed by atoms with Gasteiger partial charge in [0.15, 0.2) is 6.04 Å². The summed E-state index contributed by atoms with van der Waals surface area (Å²) in [5, 5.41) is 10.7. The van der Waals surface area contributed by atoms with Gasteiger partial charge < -0.3 is 14.9 Å². The molecule has 0 radical (unpaired) electrons. The molecule has 146 valence electrons. The maximum Gasteiger partial charge on any atom is 0.288 e. The smallest absolute Gasteiger partial charge is 0.288 e. The number of likely N-dealkylation sites (tertiary alicyclic amines) is 1. The number of hydrogen-bond acceptors (Lipinski definition) is 4. The van der Waals surface area contributed by atoms with Crippen LogP contribution in [-0.2, 0) is 16.1 Å². The summed E-state index contributed by atoms with van der Waals surface area (Å²) in [5.74, 6) is 0.0683. The summed E-state index contributed by atoms with van der Waals surface area (Å²) in [7, 11) is 0. The zero-order valence-electron chi connectivity index (χ0n) is 15.5. The Kier molecular flexibility index (Phi) is 5.24. The van der Waals surface area contributed by atoms with E-state index < -0.39 is 0 Å². The molecule has 0 aliphatic carbocycles. The molecule has 0 aromatic heterocycles. The largest absolute Gasteiger partial charge is 0.506 e. The Hall–Kier alpha value is -2.57. The lowest BCUT2D eigenvalue weighted by molar-refractivity contribution is -0.915. The van der Waals surface area contributed by atoms with E-state index in [4.69, 9.17) is 11.6 Å². The number of imide groups is 1. The molecule has 2 heterocycles. The highest BCUT2D eigenvalue weighted by Gasteiger charge is 2.45. The minimum absolute atomic E-state index is 0.0917. The fourth-order valence-corrected chi connectivity index (χ4v) is 4.18. The summed E-state index contributed by atoms with van der Waals surface area (Å²) in [5.41, 5.74) is 1.71. The maximum atomic E-state index is 12.9. The van der Waals surface area contributed by atoms with Crippen LogP contribution in [0.2, 0.25) is 5.02 Å². The van der Waals surface area contributed by atoms with Gasteiger partial charge in [0.1, 0.15) is 5.75 Å². The molecule has 0 spiro atoms. The number of phenolic OH excluding ortho intramolecular Hbond substituents is 1. The predicted molar refractivity (Wildman–Crippen MR) is 106 cm³/mol. The summed E-state index contributed by atoms with van der Waals surface area (Å²) >= 11 is 5.91. The van der Waals surface area contributed by atoms with Gasteiger partial charge >= 0.3 is 0 Å². The van der Waals surface area contributed by atoms with Crippen LogP contribution in [-0.4, -0.2) is 54.0 Å². The first-order valence-electron chi connectivity index (χ1n) is 9.49. The molecular weight excluding hydrogens is 378 g/mol. The summed E-state index contributed by atoms with van der Waals surface area (Å²) in [6.07, 6.45) is 0.262. The number of hydrogen-bond donors (Lipinski definition) is 2. The van der Waals surface area contributed by atoms with Gasteiger partial charge in [-0.1, -0.05) is 35.9 Å². The van der Waals surface area contributed by atoms with Crippen LogP contribution in [0, 0.1) is 0 Å². The van der Waals surface area contributed by atoms with Crippen LogP contribution >= 0.6 is 11.6 Å². The average molecular weight is 401 g/mol. The monoisotopic (exact) mass is 400 g/mol. The molecule has 2 N–H and O–H groups in total. The minimum atomic E-state index is -0.314. The Bertz CT molecular complexity index is 879. The SMILES string of the molecule is O=C1C[C@H]([NH+]2CCN(c3ccccc3O)CC2)C(=O)N1Cc1ccc(Cl)cc1. The molecule has 2 amide bonds. The van der Waals surface area contributed by atoms with E-state index in [1.54, 1.807) is 24.3 Å². The van der Waals surface area contributed by atoms with Gasteiger partial charge in [-0.15, -0.1) is 0 Å². The Balaban J connectivity index is 1.39. The molecule has 2 aromatic rings. The zero-order valence-corrected chi connectivity index (χ0v) is 16.2. The second-order valence-electron chi connectivity index (χ2n) is 7.34. The van der Waals surface area contributed by atoms with Crippen LogP contribution in [0.3, 0.4) is 0 Å². The van der Waals surface area contributed by atoms with E-state index in [9.17, 15) is 14.7 Å². The van der Waals surface area contributed by atoms with E-state index >= 15 is 0 Å². The number of rotatable bonds is 4. The molecule has 0 bridgehead atoms. The van der Waals surface area contributed by atoms with Gasteiger partial charge in [0, 0.05) is 5.02 Å². The maximum absolute atomic E-state index is 12.9. The second-order valence-corrected chi connectivity index (χ2v) is 7.77. The molecule has 6 nitrogen and oxygen atoms in total. The number of piperazine rings is 1. The number of aromatic hydroxyl groups is 1. The molecule has 4 rings (SSSR count). The summed E-state index contributed by atoms with van der Waals surface area (Å²) in [4.78, 5) is 30.0. The Morgan fingerprint density at radius 2 is 1.71 bits per heavy atom. The van der Waals surface area contributed by atoms with Crippen molar-refractivity contribution in [1.29, 1.82) is 0 Å². The minimum Gasteiger partial charge on any atom is -0.506 e. The number of halogens is 1. The molecule has 2 aliphatic rings. The Morgan fingerprint density at radius 3 is 2.39 bits per heavy atom. The van der Waals surface area contributed by atoms with E-state index in [0.29, 0.717) is 11.6 Å². The van der Waals surface area contributed by atoms with Crippen molar-refractivity contribution in [3.05, 3.63) is 59.1 Å². The fourth-order valence-electron chi connectivity index (χ4n) is 4.06. The number of benzene rings is 2. The lowest BCUT2D eigenvalue weighted by Crippen LogP contribution is -3.19. The summed E-state index contributed by atoms with van der Waals surface area (Å²) in [6.45, 7) is 3.28. The molecule has 1 atom stereocenters. The van der Waals surface area contributed by atoms with Crippen molar-refractivity contribution in [3.63, 3.8) is 0 Å². The molecule has 0 unspecified atom stereocenters. The number of amides is 2. The molecule has 2 fully saturated rings. The Labute approximate surface area is 168 Å². The molecule has 7 heteroatoms. The van der Waals surface area contributed by atoms with E-state index in [1.807, 2.05) is 24.3 Å². The number of para-hydroxylation sites is 2. The van der Waals surface area contributed by atoms with Gasteiger partial charge in [-0.25, -0.2) is 0 Å². The number of anilines is 1. The van der Waals surface area contributed by atoms with Crippen molar-refractivity contribution in [2.75, 3.05) is 31.1 Å². The summed E-state index contributed by atoms with van der Waals surface area (Å²) < 4.78 is 0.